The number of hydrogen-bond donors (Lipinski definition) is 1. The third-order valence-corrected chi connectivity index (χ3v) is 1.85. The molecule has 0 amide bonds. The molecular weight excluding hydrogens is 238 g/mol. The van der Waals surface area contributed by atoms with E-state index in [1.54, 1.807) is 6.07 Å². The van der Waals surface area contributed by atoms with Crippen LogP contribution in [0.4, 0.5) is 0 Å². The highest BCUT2D eigenvalue weighted by Crippen LogP contribution is 1.93. The fourth-order valence-corrected chi connectivity index (χ4v) is 1.02. The van der Waals surface area contributed by atoms with Crippen molar-refractivity contribution in [3.63, 3.8) is 0 Å². The van der Waals surface area contributed by atoms with Crippen LogP contribution in [0, 0.1) is 6.92 Å². The second kappa shape index (κ2) is 8.30. The predicted molar refractivity (Wildman–Crippen MR) is 69.6 cm³/mol. The smallest absolute Gasteiger partial charge is 0.337 e. The van der Waals surface area contributed by atoms with Gasteiger partial charge in [0.05, 0.1) is 5.56 Å². The van der Waals surface area contributed by atoms with Crippen LogP contribution in [0.15, 0.2) is 54.9 Å². The number of rotatable bonds is 1. The molecule has 1 heterocycles. The van der Waals surface area contributed by atoms with Crippen molar-refractivity contribution in [2.24, 2.45) is 0 Å². The highest BCUT2D eigenvalue weighted by Gasteiger charge is 1.97. The number of carboxylic acids is 1. The summed E-state index contributed by atoms with van der Waals surface area (Å²) in [6, 6.07) is 13.3. The van der Waals surface area contributed by atoms with E-state index < -0.39 is 5.97 Å². The van der Waals surface area contributed by atoms with Crippen molar-refractivity contribution in [3.05, 3.63) is 66.0 Å². The number of benzene rings is 1. The molecule has 1 aromatic heterocycles. The molecule has 0 radical (unpaired) electrons. The topological polar surface area (TPSA) is 50.2 Å². The molecule has 90 valence electrons. The van der Waals surface area contributed by atoms with Gasteiger partial charge < -0.3 is 5.11 Å². The van der Waals surface area contributed by atoms with Gasteiger partial charge in [-0.05, 0) is 19.1 Å². The third kappa shape index (κ3) is 6.33. The summed E-state index contributed by atoms with van der Waals surface area (Å²) in [5.74, 6) is -0.942. The number of carboxylic acid groups (broad SMARTS) is 1. The number of pyridine rings is 1. The largest absolute Gasteiger partial charge is 0.478 e. The minimum absolute atomic E-state index is 0. The predicted octanol–water partition coefficient (Wildman–Crippen LogP) is 3.20. The molecule has 0 saturated heterocycles. The maximum atomic E-state index is 10.2. The first-order valence-electron chi connectivity index (χ1n) is 4.85. The highest BCUT2D eigenvalue weighted by atomic mass is 35.5. The zero-order valence-electron chi connectivity index (χ0n) is 9.41. The molecule has 3 nitrogen and oxygen atoms in total. The van der Waals surface area contributed by atoms with Crippen LogP contribution >= 0.6 is 12.4 Å². The van der Waals surface area contributed by atoms with Gasteiger partial charge in [-0.25, -0.2) is 4.79 Å². The Hall–Kier alpha value is -1.87. The normalized spacial score (nSPS) is 8.29. The first kappa shape index (κ1) is 15.1. The molecule has 2 aromatic rings. The molecule has 2 rings (SSSR count). The fourth-order valence-electron chi connectivity index (χ4n) is 1.02. The summed E-state index contributed by atoms with van der Waals surface area (Å²) < 4.78 is 0. The van der Waals surface area contributed by atoms with Gasteiger partial charge in [-0.15, -0.1) is 12.4 Å². The second-order valence-electron chi connectivity index (χ2n) is 3.20. The van der Waals surface area contributed by atoms with Gasteiger partial charge in [-0.2, -0.15) is 0 Å². The van der Waals surface area contributed by atoms with Gasteiger partial charge in [0.15, 0.2) is 0 Å². The lowest BCUT2D eigenvalue weighted by Gasteiger charge is -1.87. The van der Waals surface area contributed by atoms with Crippen molar-refractivity contribution in [2.45, 2.75) is 6.92 Å². The van der Waals surface area contributed by atoms with Gasteiger partial charge in [0.25, 0.3) is 0 Å². The van der Waals surface area contributed by atoms with Gasteiger partial charge in [-0.3, -0.25) is 4.98 Å². The number of aromatic nitrogens is 1. The summed E-state index contributed by atoms with van der Waals surface area (Å²) in [6.07, 6.45) is 2.84. The van der Waals surface area contributed by atoms with E-state index in [4.69, 9.17) is 5.11 Å². The molecule has 4 heteroatoms. The maximum Gasteiger partial charge on any atom is 0.337 e. The molecule has 0 bridgehead atoms. The SMILES string of the molecule is Cc1ccccc1.Cl.O=C(O)c1cccnc1. The van der Waals surface area contributed by atoms with E-state index >= 15 is 0 Å². The van der Waals surface area contributed by atoms with Crippen LogP contribution in [-0.4, -0.2) is 16.1 Å². The Balaban J connectivity index is 0.000000292. The minimum Gasteiger partial charge on any atom is -0.478 e. The Morgan fingerprint density at radius 3 is 2.06 bits per heavy atom. The van der Waals surface area contributed by atoms with E-state index in [9.17, 15) is 4.79 Å². The molecule has 0 fully saturated rings. The minimum atomic E-state index is -0.942. The molecule has 0 aliphatic heterocycles. The molecule has 0 unspecified atom stereocenters. The van der Waals surface area contributed by atoms with E-state index in [0.29, 0.717) is 0 Å². The quantitative estimate of drug-likeness (QED) is 0.847. The van der Waals surface area contributed by atoms with Crippen LogP contribution in [-0.2, 0) is 0 Å². The lowest BCUT2D eigenvalue weighted by Crippen LogP contribution is -1.94. The Morgan fingerprint density at radius 1 is 1.12 bits per heavy atom. The Morgan fingerprint density at radius 2 is 1.76 bits per heavy atom. The summed E-state index contributed by atoms with van der Waals surface area (Å²) in [4.78, 5) is 13.8. The van der Waals surface area contributed by atoms with Crippen LogP contribution in [0.3, 0.4) is 0 Å². The Bertz CT molecular complexity index is 432. The van der Waals surface area contributed by atoms with E-state index in [-0.39, 0.29) is 18.0 Å². The number of halogens is 1. The lowest BCUT2D eigenvalue weighted by molar-refractivity contribution is 0.0696. The standard InChI is InChI=1S/C7H8.C6H5NO2.ClH/c1-7-5-3-2-4-6-7;8-6(9)5-2-1-3-7-4-5;/h2-6H,1H3;1-4H,(H,8,9);1H. The van der Waals surface area contributed by atoms with Crippen molar-refractivity contribution in [1.29, 1.82) is 0 Å². The average Bonchev–Trinajstić information content (AvgIpc) is 2.32. The van der Waals surface area contributed by atoms with E-state index in [0.717, 1.165) is 0 Å². The van der Waals surface area contributed by atoms with Crippen LogP contribution in [0.2, 0.25) is 0 Å². The molecule has 0 aliphatic rings. The molecule has 17 heavy (non-hydrogen) atoms. The van der Waals surface area contributed by atoms with Gasteiger partial charge in [0, 0.05) is 12.4 Å². The summed E-state index contributed by atoms with van der Waals surface area (Å²) in [5.41, 5.74) is 1.54. The number of nitrogens with zero attached hydrogens (tertiary/aromatic N) is 1. The highest BCUT2D eigenvalue weighted by molar-refractivity contribution is 5.86. The zero-order chi connectivity index (χ0) is 11.8. The molecule has 0 saturated carbocycles. The molecule has 0 atom stereocenters. The molecule has 1 N–H and O–H groups in total. The van der Waals surface area contributed by atoms with Crippen molar-refractivity contribution in [3.8, 4) is 0 Å². The monoisotopic (exact) mass is 251 g/mol. The molecule has 0 spiro atoms. The van der Waals surface area contributed by atoms with E-state index in [2.05, 4.69) is 24.0 Å². The summed E-state index contributed by atoms with van der Waals surface area (Å²) in [7, 11) is 0. The maximum absolute atomic E-state index is 10.2. The zero-order valence-corrected chi connectivity index (χ0v) is 10.2. The lowest BCUT2D eigenvalue weighted by atomic mass is 10.2. The van der Waals surface area contributed by atoms with E-state index in [1.807, 2.05) is 18.2 Å². The van der Waals surface area contributed by atoms with Crippen LogP contribution < -0.4 is 0 Å². The van der Waals surface area contributed by atoms with Crippen molar-refractivity contribution in [1.82, 2.24) is 4.98 Å². The summed E-state index contributed by atoms with van der Waals surface area (Å²) >= 11 is 0. The van der Waals surface area contributed by atoms with Gasteiger partial charge in [0.1, 0.15) is 0 Å². The number of carbonyl (C=O) groups is 1. The molecule has 0 aliphatic carbocycles. The second-order valence-corrected chi connectivity index (χ2v) is 3.20. The number of aryl methyl sites for hydroxylation is 1. The van der Waals surface area contributed by atoms with Crippen molar-refractivity contribution >= 4 is 18.4 Å². The van der Waals surface area contributed by atoms with Crippen LogP contribution in [0.1, 0.15) is 15.9 Å². The number of hydrogen-bond acceptors (Lipinski definition) is 2. The summed E-state index contributed by atoms with van der Waals surface area (Å²) in [6.45, 7) is 2.08. The third-order valence-electron chi connectivity index (χ3n) is 1.85. The van der Waals surface area contributed by atoms with Gasteiger partial charge in [-0.1, -0.05) is 35.9 Å². The molecular formula is C13H14ClNO2. The average molecular weight is 252 g/mol. The van der Waals surface area contributed by atoms with Crippen molar-refractivity contribution < 1.29 is 9.90 Å². The first-order chi connectivity index (χ1) is 7.70. The summed E-state index contributed by atoms with van der Waals surface area (Å²) in [5, 5.41) is 8.34. The number of aromatic carboxylic acids is 1. The van der Waals surface area contributed by atoms with E-state index in [1.165, 1.54) is 24.0 Å². The van der Waals surface area contributed by atoms with Gasteiger partial charge >= 0.3 is 5.97 Å². The van der Waals surface area contributed by atoms with Crippen LogP contribution in [0.5, 0.6) is 0 Å². The Kier molecular flexibility index (Phi) is 7.39. The fraction of sp³-hybridized carbons (Fsp3) is 0.0769. The Labute approximate surface area is 107 Å². The molecule has 1 aromatic carbocycles. The van der Waals surface area contributed by atoms with Crippen LogP contribution in [0.25, 0.3) is 0 Å². The first-order valence-corrected chi connectivity index (χ1v) is 4.85. The van der Waals surface area contributed by atoms with Crippen molar-refractivity contribution in [2.75, 3.05) is 0 Å². The van der Waals surface area contributed by atoms with Gasteiger partial charge in [0.2, 0.25) is 0 Å².